The van der Waals surface area contributed by atoms with Crippen molar-refractivity contribution < 1.29 is 4.74 Å². The van der Waals surface area contributed by atoms with Gasteiger partial charge in [0.15, 0.2) is 0 Å². The van der Waals surface area contributed by atoms with Gasteiger partial charge in [-0.05, 0) is 12.8 Å². The van der Waals surface area contributed by atoms with Crippen LogP contribution in [0.25, 0.3) is 10.9 Å². The first kappa shape index (κ1) is 10.4. The number of ether oxygens (including phenoxy) is 1. The van der Waals surface area contributed by atoms with Crippen LogP contribution in [0, 0.1) is 0 Å². The highest BCUT2D eigenvalue weighted by Crippen LogP contribution is 2.20. The van der Waals surface area contributed by atoms with Crippen molar-refractivity contribution in [3.63, 3.8) is 0 Å². The van der Waals surface area contributed by atoms with E-state index in [-0.39, 0.29) is 11.6 Å². The number of pyridine rings is 1. The number of rotatable bonds is 1. The zero-order chi connectivity index (χ0) is 11.7. The molecule has 0 radical (unpaired) electrons. The molecule has 5 nitrogen and oxygen atoms in total. The molecule has 0 saturated carbocycles. The van der Waals surface area contributed by atoms with Crippen molar-refractivity contribution in [1.82, 2.24) is 14.5 Å². The molecule has 0 bridgehead atoms. The van der Waals surface area contributed by atoms with Gasteiger partial charge in [0.2, 0.25) is 0 Å². The molecule has 0 aliphatic carbocycles. The summed E-state index contributed by atoms with van der Waals surface area (Å²) < 4.78 is 7.09. The molecule has 2 aromatic heterocycles. The monoisotopic (exact) mass is 231 g/mol. The Morgan fingerprint density at radius 3 is 3.00 bits per heavy atom. The van der Waals surface area contributed by atoms with Gasteiger partial charge in [-0.1, -0.05) is 0 Å². The molecule has 1 saturated heterocycles. The van der Waals surface area contributed by atoms with Crippen LogP contribution in [0.2, 0.25) is 0 Å². The summed E-state index contributed by atoms with van der Waals surface area (Å²) in [6, 6.07) is 1.81. The Labute approximate surface area is 98.1 Å². The van der Waals surface area contributed by atoms with Gasteiger partial charge < -0.3 is 9.30 Å². The normalized spacial score (nSPS) is 17.4. The van der Waals surface area contributed by atoms with Crippen molar-refractivity contribution in [1.29, 1.82) is 0 Å². The van der Waals surface area contributed by atoms with Crippen molar-refractivity contribution >= 4 is 10.9 Å². The molecule has 5 heteroatoms. The van der Waals surface area contributed by atoms with E-state index in [0.29, 0.717) is 5.52 Å². The van der Waals surface area contributed by atoms with Crippen LogP contribution >= 0.6 is 0 Å². The predicted octanol–water partition coefficient (Wildman–Crippen LogP) is 1.14. The van der Waals surface area contributed by atoms with Crippen molar-refractivity contribution in [2.24, 2.45) is 0 Å². The van der Waals surface area contributed by atoms with Crippen LogP contribution < -0.4 is 5.56 Å². The van der Waals surface area contributed by atoms with Gasteiger partial charge in [-0.3, -0.25) is 4.79 Å². The molecule has 3 heterocycles. The average Bonchev–Trinajstić information content (AvgIpc) is 2.39. The van der Waals surface area contributed by atoms with Crippen LogP contribution in [0.1, 0.15) is 18.9 Å². The molecule has 3 rings (SSSR count). The van der Waals surface area contributed by atoms with E-state index in [1.54, 1.807) is 16.8 Å². The summed E-state index contributed by atoms with van der Waals surface area (Å²) in [4.78, 5) is 20.1. The zero-order valence-electron chi connectivity index (χ0n) is 9.37. The van der Waals surface area contributed by atoms with E-state index >= 15 is 0 Å². The molecular weight excluding hydrogens is 218 g/mol. The minimum Gasteiger partial charge on any atom is -0.381 e. The summed E-state index contributed by atoms with van der Waals surface area (Å²) in [5, 5.41) is 0.901. The molecule has 0 atom stereocenters. The molecule has 0 spiro atoms. The van der Waals surface area contributed by atoms with Crippen molar-refractivity contribution in [2.75, 3.05) is 13.2 Å². The third kappa shape index (κ3) is 1.93. The Hall–Kier alpha value is -1.75. The maximum Gasteiger partial charge on any atom is 0.252 e. The van der Waals surface area contributed by atoms with E-state index in [9.17, 15) is 4.79 Å². The first-order valence-electron chi connectivity index (χ1n) is 5.74. The lowest BCUT2D eigenvalue weighted by Crippen LogP contribution is -2.28. The van der Waals surface area contributed by atoms with Crippen molar-refractivity contribution in [2.45, 2.75) is 18.9 Å². The summed E-state index contributed by atoms with van der Waals surface area (Å²) in [5.74, 6) is 0. The van der Waals surface area contributed by atoms with E-state index in [1.807, 2.05) is 6.20 Å². The molecule has 88 valence electrons. The van der Waals surface area contributed by atoms with Gasteiger partial charge in [-0.15, -0.1) is 0 Å². The Kier molecular flexibility index (Phi) is 2.60. The Balaban J connectivity index is 2.09. The molecule has 0 N–H and O–H groups in total. The van der Waals surface area contributed by atoms with Crippen LogP contribution in [-0.4, -0.2) is 27.7 Å². The molecule has 0 unspecified atom stereocenters. The van der Waals surface area contributed by atoms with E-state index in [2.05, 4.69) is 9.97 Å². The lowest BCUT2D eigenvalue weighted by molar-refractivity contribution is 0.0688. The predicted molar refractivity (Wildman–Crippen MR) is 62.9 cm³/mol. The van der Waals surface area contributed by atoms with Crippen molar-refractivity contribution in [3.05, 3.63) is 35.1 Å². The summed E-state index contributed by atoms with van der Waals surface area (Å²) >= 11 is 0. The highest BCUT2D eigenvalue weighted by Gasteiger charge is 2.16. The van der Waals surface area contributed by atoms with Crippen LogP contribution in [-0.2, 0) is 4.74 Å². The first-order valence-corrected chi connectivity index (χ1v) is 5.74. The van der Waals surface area contributed by atoms with Crippen LogP contribution in [0.3, 0.4) is 0 Å². The molecule has 1 fully saturated rings. The second-order valence-corrected chi connectivity index (χ2v) is 4.23. The van der Waals surface area contributed by atoms with Gasteiger partial charge in [-0.25, -0.2) is 9.97 Å². The third-order valence-electron chi connectivity index (χ3n) is 3.15. The third-order valence-corrected chi connectivity index (χ3v) is 3.15. The molecule has 0 amide bonds. The fourth-order valence-electron chi connectivity index (χ4n) is 2.22. The second-order valence-electron chi connectivity index (χ2n) is 4.23. The van der Waals surface area contributed by atoms with Crippen LogP contribution in [0.5, 0.6) is 0 Å². The number of nitrogens with zero attached hydrogens (tertiary/aromatic N) is 3. The van der Waals surface area contributed by atoms with Gasteiger partial charge in [0.05, 0.1) is 5.52 Å². The van der Waals surface area contributed by atoms with Gasteiger partial charge >= 0.3 is 0 Å². The number of hydrogen-bond donors (Lipinski definition) is 0. The van der Waals surface area contributed by atoms with E-state index in [1.165, 1.54) is 6.33 Å². The lowest BCUT2D eigenvalue weighted by atomic mass is 10.1. The standard InChI is InChI=1S/C12H13N3O2/c16-12-5-11-9(6-13-8-14-11)7-15(12)10-1-3-17-4-2-10/h5-8,10H,1-4H2. The summed E-state index contributed by atoms with van der Waals surface area (Å²) in [5.41, 5.74) is 0.705. The summed E-state index contributed by atoms with van der Waals surface area (Å²) in [6.45, 7) is 1.45. The van der Waals surface area contributed by atoms with E-state index in [0.717, 1.165) is 31.4 Å². The summed E-state index contributed by atoms with van der Waals surface area (Å²) in [7, 11) is 0. The van der Waals surface area contributed by atoms with E-state index in [4.69, 9.17) is 4.74 Å². The number of aromatic nitrogens is 3. The van der Waals surface area contributed by atoms with Gasteiger partial charge in [0, 0.05) is 43.1 Å². The Morgan fingerprint density at radius 2 is 2.18 bits per heavy atom. The minimum atomic E-state index is 0.00287. The molecule has 0 aromatic carbocycles. The molecule has 1 aliphatic rings. The average molecular weight is 231 g/mol. The Morgan fingerprint density at radius 1 is 1.35 bits per heavy atom. The van der Waals surface area contributed by atoms with Crippen LogP contribution in [0.4, 0.5) is 0 Å². The number of fused-ring (bicyclic) bond motifs is 1. The maximum absolute atomic E-state index is 12.0. The molecule has 17 heavy (non-hydrogen) atoms. The first-order chi connectivity index (χ1) is 8.34. The smallest absolute Gasteiger partial charge is 0.252 e. The molecule has 2 aromatic rings. The Bertz CT molecular complexity index is 588. The minimum absolute atomic E-state index is 0.00287. The van der Waals surface area contributed by atoms with Gasteiger partial charge in [-0.2, -0.15) is 0 Å². The maximum atomic E-state index is 12.0. The topological polar surface area (TPSA) is 57.0 Å². The SMILES string of the molecule is O=c1cc2ncncc2cn1C1CCOCC1. The highest BCUT2D eigenvalue weighted by molar-refractivity contribution is 5.75. The largest absolute Gasteiger partial charge is 0.381 e. The fourth-order valence-corrected chi connectivity index (χ4v) is 2.22. The fraction of sp³-hybridized carbons (Fsp3) is 0.417. The van der Waals surface area contributed by atoms with Gasteiger partial charge in [0.1, 0.15) is 6.33 Å². The molecule has 1 aliphatic heterocycles. The zero-order valence-corrected chi connectivity index (χ0v) is 9.37. The van der Waals surface area contributed by atoms with Crippen molar-refractivity contribution in [3.8, 4) is 0 Å². The second kappa shape index (κ2) is 4.25. The number of hydrogen-bond acceptors (Lipinski definition) is 4. The highest BCUT2D eigenvalue weighted by atomic mass is 16.5. The van der Waals surface area contributed by atoms with Crippen LogP contribution in [0.15, 0.2) is 29.6 Å². The lowest BCUT2D eigenvalue weighted by Gasteiger charge is -2.24. The summed E-state index contributed by atoms with van der Waals surface area (Å²) in [6.07, 6.45) is 6.82. The van der Waals surface area contributed by atoms with Gasteiger partial charge in [0.25, 0.3) is 5.56 Å². The van der Waals surface area contributed by atoms with E-state index < -0.39 is 0 Å². The quantitative estimate of drug-likeness (QED) is 0.738. The molecular formula is C12H13N3O2.